The summed E-state index contributed by atoms with van der Waals surface area (Å²) in [4.78, 5) is 11.0. The largest absolute Gasteiger partial charge is 0.493 e. The zero-order valence-corrected chi connectivity index (χ0v) is 15.6. The number of aromatic nitrogens is 3. The fourth-order valence-corrected chi connectivity index (χ4v) is 3.28. The first-order chi connectivity index (χ1) is 12.8. The highest BCUT2D eigenvalue weighted by molar-refractivity contribution is 5.79. The number of guanidine groups is 1. The molecule has 26 heavy (non-hydrogen) atoms. The van der Waals surface area contributed by atoms with E-state index in [-0.39, 0.29) is 0 Å². The SMILES string of the molecule is CN=C(NCCCOc1ccccc1C)N1CCC(c2ncn[nH]2)CC1. The highest BCUT2D eigenvalue weighted by Crippen LogP contribution is 2.24. The van der Waals surface area contributed by atoms with E-state index in [0.29, 0.717) is 12.5 Å². The molecule has 0 unspecified atom stereocenters. The summed E-state index contributed by atoms with van der Waals surface area (Å²) in [6, 6.07) is 8.11. The topological polar surface area (TPSA) is 78.4 Å². The molecule has 7 heteroatoms. The molecule has 0 atom stereocenters. The van der Waals surface area contributed by atoms with Gasteiger partial charge in [0.25, 0.3) is 0 Å². The molecule has 140 valence electrons. The molecule has 1 aromatic heterocycles. The first kappa shape index (κ1) is 18.2. The van der Waals surface area contributed by atoms with Crippen LogP contribution in [0.2, 0.25) is 0 Å². The van der Waals surface area contributed by atoms with E-state index in [1.165, 1.54) is 5.56 Å². The van der Waals surface area contributed by atoms with Crippen LogP contribution in [-0.2, 0) is 0 Å². The second kappa shape index (κ2) is 9.22. The van der Waals surface area contributed by atoms with Crippen molar-refractivity contribution in [1.82, 2.24) is 25.4 Å². The fourth-order valence-electron chi connectivity index (χ4n) is 3.28. The van der Waals surface area contributed by atoms with E-state index in [1.807, 2.05) is 25.2 Å². The second-order valence-electron chi connectivity index (χ2n) is 6.57. The number of aromatic amines is 1. The third kappa shape index (κ3) is 4.74. The van der Waals surface area contributed by atoms with Crippen molar-refractivity contribution in [2.45, 2.75) is 32.1 Å². The van der Waals surface area contributed by atoms with Crippen LogP contribution in [0.25, 0.3) is 0 Å². The van der Waals surface area contributed by atoms with Gasteiger partial charge in [0.05, 0.1) is 6.61 Å². The molecule has 0 bridgehead atoms. The minimum Gasteiger partial charge on any atom is -0.493 e. The quantitative estimate of drug-likeness (QED) is 0.472. The van der Waals surface area contributed by atoms with Crippen LogP contribution in [0.1, 0.15) is 36.6 Å². The number of hydrogen-bond donors (Lipinski definition) is 2. The molecule has 1 aliphatic rings. The molecule has 2 heterocycles. The molecule has 7 nitrogen and oxygen atoms in total. The van der Waals surface area contributed by atoms with E-state index < -0.39 is 0 Å². The van der Waals surface area contributed by atoms with Gasteiger partial charge in [0, 0.05) is 32.6 Å². The summed E-state index contributed by atoms with van der Waals surface area (Å²) in [5.41, 5.74) is 1.17. The number of rotatable bonds is 6. The number of nitrogens with one attached hydrogen (secondary N) is 2. The predicted molar refractivity (Wildman–Crippen MR) is 103 cm³/mol. The molecule has 0 aliphatic carbocycles. The summed E-state index contributed by atoms with van der Waals surface area (Å²) in [5, 5.41) is 10.4. The molecule has 2 aromatic rings. The molecule has 1 saturated heterocycles. The zero-order valence-electron chi connectivity index (χ0n) is 15.6. The van der Waals surface area contributed by atoms with Crippen molar-refractivity contribution in [2.75, 3.05) is 33.3 Å². The van der Waals surface area contributed by atoms with Gasteiger partial charge in [-0.3, -0.25) is 10.1 Å². The van der Waals surface area contributed by atoms with Crippen LogP contribution in [0.5, 0.6) is 5.75 Å². The van der Waals surface area contributed by atoms with E-state index in [4.69, 9.17) is 4.74 Å². The second-order valence-corrected chi connectivity index (χ2v) is 6.57. The Bertz CT molecular complexity index is 692. The summed E-state index contributed by atoms with van der Waals surface area (Å²) < 4.78 is 5.84. The van der Waals surface area contributed by atoms with Crippen molar-refractivity contribution in [3.05, 3.63) is 42.0 Å². The van der Waals surface area contributed by atoms with Crippen LogP contribution in [0.15, 0.2) is 35.6 Å². The van der Waals surface area contributed by atoms with E-state index in [1.54, 1.807) is 6.33 Å². The van der Waals surface area contributed by atoms with Gasteiger partial charge in [-0.2, -0.15) is 5.10 Å². The van der Waals surface area contributed by atoms with Crippen LogP contribution >= 0.6 is 0 Å². The Labute approximate surface area is 154 Å². The van der Waals surface area contributed by atoms with Gasteiger partial charge in [-0.05, 0) is 37.8 Å². The first-order valence-corrected chi connectivity index (χ1v) is 9.27. The number of hydrogen-bond acceptors (Lipinski definition) is 4. The van der Waals surface area contributed by atoms with E-state index >= 15 is 0 Å². The average molecular weight is 356 g/mol. The van der Waals surface area contributed by atoms with Crippen LogP contribution < -0.4 is 10.1 Å². The third-order valence-corrected chi connectivity index (χ3v) is 4.78. The Morgan fingerprint density at radius 1 is 1.35 bits per heavy atom. The highest BCUT2D eigenvalue weighted by atomic mass is 16.5. The maximum atomic E-state index is 5.84. The van der Waals surface area contributed by atoms with Gasteiger partial charge < -0.3 is 15.0 Å². The van der Waals surface area contributed by atoms with Crippen molar-refractivity contribution in [2.24, 2.45) is 4.99 Å². The molecule has 0 radical (unpaired) electrons. The molecule has 0 spiro atoms. The molecule has 0 amide bonds. The average Bonchev–Trinajstić information content (AvgIpc) is 3.21. The standard InChI is InChI=1S/C19H28N6O/c1-15-6-3-4-7-17(15)26-13-5-10-21-19(20-2)25-11-8-16(9-12-25)18-22-14-23-24-18/h3-4,6-7,14,16H,5,8-13H2,1-2H3,(H,20,21)(H,22,23,24). The Morgan fingerprint density at radius 3 is 2.85 bits per heavy atom. The molecule has 0 saturated carbocycles. The lowest BCUT2D eigenvalue weighted by Crippen LogP contribution is -2.45. The van der Waals surface area contributed by atoms with Gasteiger partial charge >= 0.3 is 0 Å². The summed E-state index contributed by atoms with van der Waals surface area (Å²) in [5.74, 6) is 3.40. The lowest BCUT2D eigenvalue weighted by Gasteiger charge is -2.33. The van der Waals surface area contributed by atoms with Gasteiger partial charge in [-0.25, -0.2) is 4.98 Å². The maximum absolute atomic E-state index is 5.84. The zero-order chi connectivity index (χ0) is 18.2. The van der Waals surface area contributed by atoms with Gasteiger partial charge in [-0.1, -0.05) is 18.2 Å². The lowest BCUT2D eigenvalue weighted by atomic mass is 9.96. The van der Waals surface area contributed by atoms with E-state index in [9.17, 15) is 0 Å². The van der Waals surface area contributed by atoms with Gasteiger partial charge in [0.2, 0.25) is 0 Å². The number of ether oxygens (including phenoxy) is 1. The van der Waals surface area contributed by atoms with E-state index in [0.717, 1.165) is 56.4 Å². The monoisotopic (exact) mass is 356 g/mol. The molecule has 2 N–H and O–H groups in total. The number of piperidine rings is 1. The summed E-state index contributed by atoms with van der Waals surface area (Å²) in [6.07, 6.45) is 4.64. The van der Waals surface area contributed by atoms with Crippen LogP contribution in [0, 0.1) is 6.92 Å². The van der Waals surface area contributed by atoms with Crippen LogP contribution in [-0.4, -0.2) is 59.3 Å². The van der Waals surface area contributed by atoms with Gasteiger partial charge in [-0.15, -0.1) is 0 Å². The van der Waals surface area contributed by atoms with Gasteiger partial charge in [0.1, 0.15) is 17.9 Å². The van der Waals surface area contributed by atoms with Crippen LogP contribution in [0.4, 0.5) is 0 Å². The first-order valence-electron chi connectivity index (χ1n) is 9.27. The molecular weight excluding hydrogens is 328 g/mol. The highest BCUT2D eigenvalue weighted by Gasteiger charge is 2.24. The Kier molecular flexibility index (Phi) is 6.46. The summed E-state index contributed by atoms with van der Waals surface area (Å²) in [6.45, 7) is 5.57. The number of benzene rings is 1. The fraction of sp³-hybridized carbons (Fsp3) is 0.526. The van der Waals surface area contributed by atoms with Crippen molar-refractivity contribution in [1.29, 1.82) is 0 Å². The summed E-state index contributed by atoms with van der Waals surface area (Å²) >= 11 is 0. The third-order valence-electron chi connectivity index (χ3n) is 4.78. The van der Waals surface area contributed by atoms with Crippen molar-refractivity contribution in [3.8, 4) is 5.75 Å². The van der Waals surface area contributed by atoms with E-state index in [2.05, 4.69) is 43.4 Å². The number of para-hydroxylation sites is 1. The molecule has 1 fully saturated rings. The summed E-state index contributed by atoms with van der Waals surface area (Å²) in [7, 11) is 1.84. The minimum atomic E-state index is 0.467. The lowest BCUT2D eigenvalue weighted by molar-refractivity contribution is 0.292. The van der Waals surface area contributed by atoms with Crippen molar-refractivity contribution >= 4 is 5.96 Å². The predicted octanol–water partition coefficient (Wildman–Crippen LogP) is 2.34. The number of likely N-dealkylation sites (tertiary alicyclic amines) is 1. The molecule has 3 rings (SSSR count). The minimum absolute atomic E-state index is 0.467. The van der Waals surface area contributed by atoms with Crippen LogP contribution in [0.3, 0.4) is 0 Å². The Hall–Kier alpha value is -2.57. The van der Waals surface area contributed by atoms with Crippen molar-refractivity contribution < 1.29 is 4.74 Å². The maximum Gasteiger partial charge on any atom is 0.193 e. The number of nitrogens with zero attached hydrogens (tertiary/aromatic N) is 4. The smallest absolute Gasteiger partial charge is 0.193 e. The number of aryl methyl sites for hydroxylation is 1. The van der Waals surface area contributed by atoms with Gasteiger partial charge in [0.15, 0.2) is 5.96 Å². The Balaban J connectivity index is 1.37. The molecule has 1 aromatic carbocycles. The number of H-pyrrole nitrogens is 1. The number of aliphatic imine (C=N–C) groups is 1. The Morgan fingerprint density at radius 2 is 2.15 bits per heavy atom. The molecule has 1 aliphatic heterocycles. The molecular formula is C19H28N6O. The van der Waals surface area contributed by atoms with Crippen molar-refractivity contribution in [3.63, 3.8) is 0 Å². The normalized spacial score (nSPS) is 15.9.